The van der Waals surface area contributed by atoms with Crippen LogP contribution in [0, 0.1) is 18.6 Å². The van der Waals surface area contributed by atoms with E-state index in [2.05, 4.69) is 9.97 Å². The Kier molecular flexibility index (Phi) is 5.32. The summed E-state index contributed by atoms with van der Waals surface area (Å²) in [7, 11) is 1.48. The first kappa shape index (κ1) is 22.3. The van der Waals surface area contributed by atoms with Crippen LogP contribution in [0.2, 0.25) is 0 Å². The standard InChI is InChI=1S/C26H19F2N3O4/c1-13-6-8-14(9-7-13)23(32)21-22(15-4-3-5-16(10-15)35-2)31(25(34)24(21)33)26-29-19-11-17(27)18(28)12-20(19)30-26/h3-12,22,32H,1-2H3,(H,29,30)/b23-21+. The van der Waals surface area contributed by atoms with Gasteiger partial charge in [-0.25, -0.2) is 13.8 Å². The number of nitrogens with zero attached hydrogens (tertiary/aromatic N) is 2. The van der Waals surface area contributed by atoms with Crippen LogP contribution in [0.3, 0.4) is 0 Å². The molecule has 0 bridgehead atoms. The summed E-state index contributed by atoms with van der Waals surface area (Å²) in [6.07, 6.45) is 0. The van der Waals surface area contributed by atoms with Gasteiger partial charge in [-0.1, -0.05) is 42.0 Å². The third-order valence-electron chi connectivity index (χ3n) is 5.92. The van der Waals surface area contributed by atoms with Crippen molar-refractivity contribution >= 4 is 34.4 Å². The Labute approximate surface area is 198 Å². The topological polar surface area (TPSA) is 95.5 Å². The van der Waals surface area contributed by atoms with Crippen LogP contribution in [-0.4, -0.2) is 33.9 Å². The van der Waals surface area contributed by atoms with E-state index in [1.54, 1.807) is 48.5 Å². The van der Waals surface area contributed by atoms with Gasteiger partial charge in [0.25, 0.3) is 5.78 Å². The maximum atomic E-state index is 13.8. The number of Topliss-reactive ketones (excluding diaryl/α,β-unsaturated/α-hetero) is 1. The van der Waals surface area contributed by atoms with Crippen LogP contribution in [0.15, 0.2) is 66.2 Å². The number of rotatable bonds is 4. The molecule has 9 heteroatoms. The zero-order valence-electron chi connectivity index (χ0n) is 18.7. The van der Waals surface area contributed by atoms with Gasteiger partial charge in [0, 0.05) is 17.7 Å². The number of imidazole rings is 1. The highest BCUT2D eigenvalue weighted by Gasteiger charge is 2.48. The van der Waals surface area contributed by atoms with Gasteiger partial charge in [-0.15, -0.1) is 0 Å². The number of nitrogens with one attached hydrogen (secondary N) is 1. The minimum Gasteiger partial charge on any atom is -0.507 e. The molecule has 1 fully saturated rings. The summed E-state index contributed by atoms with van der Waals surface area (Å²) in [5.74, 6) is -4.04. The van der Waals surface area contributed by atoms with Crippen molar-refractivity contribution in [3.8, 4) is 5.75 Å². The summed E-state index contributed by atoms with van der Waals surface area (Å²) in [4.78, 5) is 34.6. The molecule has 2 heterocycles. The van der Waals surface area contributed by atoms with E-state index in [9.17, 15) is 23.5 Å². The van der Waals surface area contributed by atoms with Crippen LogP contribution in [0.4, 0.5) is 14.7 Å². The molecule has 3 aromatic carbocycles. The molecule has 5 rings (SSSR count). The van der Waals surface area contributed by atoms with Crippen LogP contribution < -0.4 is 9.64 Å². The van der Waals surface area contributed by atoms with Crippen molar-refractivity contribution in [3.05, 3.63) is 94.6 Å². The Morgan fingerprint density at radius 3 is 2.49 bits per heavy atom. The first-order valence-corrected chi connectivity index (χ1v) is 10.6. The fourth-order valence-electron chi connectivity index (χ4n) is 4.15. The quantitative estimate of drug-likeness (QED) is 0.252. The van der Waals surface area contributed by atoms with Gasteiger partial charge >= 0.3 is 5.91 Å². The second-order valence-electron chi connectivity index (χ2n) is 8.16. The normalized spacial score (nSPS) is 17.4. The third kappa shape index (κ3) is 3.71. The van der Waals surface area contributed by atoms with Gasteiger partial charge in [0.1, 0.15) is 11.5 Å². The number of aromatic nitrogens is 2. The second kappa shape index (κ2) is 8.35. The Balaban J connectivity index is 1.74. The summed E-state index contributed by atoms with van der Waals surface area (Å²) >= 11 is 0. The number of amides is 1. The summed E-state index contributed by atoms with van der Waals surface area (Å²) in [5, 5.41) is 11.2. The maximum absolute atomic E-state index is 13.8. The van der Waals surface area contributed by atoms with Gasteiger partial charge in [0.15, 0.2) is 11.6 Å². The number of aryl methyl sites for hydroxylation is 1. The molecule has 2 N–H and O–H groups in total. The number of fused-ring (bicyclic) bond motifs is 1. The molecule has 1 aromatic heterocycles. The molecule has 1 aliphatic heterocycles. The first-order valence-electron chi connectivity index (χ1n) is 10.6. The molecule has 7 nitrogen and oxygen atoms in total. The minimum absolute atomic E-state index is 0.0729. The van der Waals surface area contributed by atoms with Gasteiger partial charge in [0.2, 0.25) is 5.95 Å². The van der Waals surface area contributed by atoms with Crippen LogP contribution in [0.25, 0.3) is 16.8 Å². The number of H-pyrrole nitrogens is 1. The van der Waals surface area contributed by atoms with E-state index >= 15 is 0 Å². The number of methoxy groups -OCH3 is 1. The zero-order valence-corrected chi connectivity index (χ0v) is 18.7. The number of hydrogen-bond acceptors (Lipinski definition) is 5. The number of aromatic amines is 1. The molecule has 176 valence electrons. The van der Waals surface area contributed by atoms with Crippen molar-refractivity contribution in [2.75, 3.05) is 12.0 Å². The first-order chi connectivity index (χ1) is 16.8. The Bertz CT molecular complexity index is 1490. The van der Waals surface area contributed by atoms with E-state index in [1.165, 1.54) is 7.11 Å². The number of ether oxygens (including phenoxy) is 1. The lowest BCUT2D eigenvalue weighted by Crippen LogP contribution is -2.30. The summed E-state index contributed by atoms with van der Waals surface area (Å²) in [6.45, 7) is 1.88. The van der Waals surface area contributed by atoms with E-state index in [-0.39, 0.29) is 28.3 Å². The van der Waals surface area contributed by atoms with Gasteiger partial charge in [-0.2, -0.15) is 0 Å². The molecule has 4 aromatic rings. The lowest BCUT2D eigenvalue weighted by Gasteiger charge is -2.23. The largest absolute Gasteiger partial charge is 0.507 e. The maximum Gasteiger partial charge on any atom is 0.302 e. The average Bonchev–Trinajstić information content (AvgIpc) is 3.37. The molecular formula is C26H19F2N3O4. The molecule has 1 aliphatic rings. The number of ketones is 1. The Morgan fingerprint density at radius 1 is 1.06 bits per heavy atom. The summed E-state index contributed by atoms with van der Waals surface area (Å²) in [6, 6.07) is 14.3. The lowest BCUT2D eigenvalue weighted by molar-refractivity contribution is -0.132. The number of anilines is 1. The molecule has 0 aliphatic carbocycles. The number of aliphatic hydroxyl groups is 1. The molecule has 1 unspecified atom stereocenters. The van der Waals surface area contributed by atoms with Crippen molar-refractivity contribution in [2.45, 2.75) is 13.0 Å². The van der Waals surface area contributed by atoms with Crippen molar-refractivity contribution in [3.63, 3.8) is 0 Å². The van der Waals surface area contributed by atoms with Crippen molar-refractivity contribution in [1.82, 2.24) is 9.97 Å². The highest BCUT2D eigenvalue weighted by Crippen LogP contribution is 2.42. The van der Waals surface area contributed by atoms with Crippen LogP contribution in [0.5, 0.6) is 5.75 Å². The van der Waals surface area contributed by atoms with Gasteiger partial charge in [0.05, 0.1) is 29.8 Å². The van der Waals surface area contributed by atoms with E-state index in [0.717, 1.165) is 22.6 Å². The number of carbonyl (C=O) groups is 2. The van der Waals surface area contributed by atoms with Crippen LogP contribution in [0.1, 0.15) is 22.7 Å². The molecular weight excluding hydrogens is 456 g/mol. The summed E-state index contributed by atoms with van der Waals surface area (Å²) in [5.41, 5.74) is 1.84. The van der Waals surface area contributed by atoms with Crippen molar-refractivity contribution in [2.24, 2.45) is 0 Å². The predicted molar refractivity (Wildman–Crippen MR) is 125 cm³/mol. The van der Waals surface area contributed by atoms with Gasteiger partial charge in [-0.05, 0) is 24.6 Å². The summed E-state index contributed by atoms with van der Waals surface area (Å²) < 4.78 is 32.8. The minimum atomic E-state index is -1.10. The van der Waals surface area contributed by atoms with Crippen LogP contribution in [-0.2, 0) is 9.59 Å². The zero-order chi connectivity index (χ0) is 24.9. The lowest BCUT2D eigenvalue weighted by atomic mass is 9.95. The van der Waals surface area contributed by atoms with Crippen LogP contribution >= 0.6 is 0 Å². The molecule has 0 radical (unpaired) electrons. The number of carbonyl (C=O) groups excluding carboxylic acids is 2. The fraction of sp³-hybridized carbons (Fsp3) is 0.115. The smallest absolute Gasteiger partial charge is 0.302 e. The highest BCUT2D eigenvalue weighted by atomic mass is 19.2. The molecule has 0 saturated carbocycles. The third-order valence-corrected chi connectivity index (χ3v) is 5.92. The molecule has 35 heavy (non-hydrogen) atoms. The second-order valence-corrected chi connectivity index (χ2v) is 8.16. The average molecular weight is 475 g/mol. The Morgan fingerprint density at radius 2 is 1.77 bits per heavy atom. The molecule has 1 saturated heterocycles. The van der Waals surface area contributed by atoms with E-state index in [4.69, 9.17) is 4.74 Å². The molecule has 0 spiro atoms. The van der Waals surface area contributed by atoms with E-state index < -0.39 is 29.4 Å². The fourth-order valence-corrected chi connectivity index (χ4v) is 4.15. The van der Waals surface area contributed by atoms with Gasteiger partial charge < -0.3 is 14.8 Å². The highest BCUT2D eigenvalue weighted by molar-refractivity contribution is 6.51. The number of halogens is 2. The molecule has 1 atom stereocenters. The van der Waals surface area contributed by atoms with Gasteiger partial charge in [-0.3, -0.25) is 14.5 Å². The van der Waals surface area contributed by atoms with Crippen molar-refractivity contribution < 1.29 is 28.2 Å². The van der Waals surface area contributed by atoms with Crippen molar-refractivity contribution in [1.29, 1.82) is 0 Å². The number of hydrogen-bond donors (Lipinski definition) is 2. The Hall–Kier alpha value is -4.53. The SMILES string of the molecule is COc1cccc(C2/C(=C(\O)c3ccc(C)cc3)C(=O)C(=O)N2c2nc3cc(F)c(F)cc3[nH]2)c1. The molecule has 1 amide bonds. The monoisotopic (exact) mass is 475 g/mol. The van der Waals surface area contributed by atoms with E-state index in [1.807, 2.05) is 6.92 Å². The number of benzene rings is 3. The predicted octanol–water partition coefficient (Wildman–Crippen LogP) is 4.78. The van der Waals surface area contributed by atoms with E-state index in [0.29, 0.717) is 16.9 Å². The number of aliphatic hydroxyl groups excluding tert-OH is 1.